The van der Waals surface area contributed by atoms with E-state index >= 15 is 0 Å². The number of rotatable bonds is 15. The Balaban J connectivity index is 1.92. The van der Waals surface area contributed by atoms with Gasteiger partial charge in [0.25, 0.3) is 11.8 Å². The van der Waals surface area contributed by atoms with E-state index in [9.17, 15) is 9.59 Å². The van der Waals surface area contributed by atoms with Gasteiger partial charge in [0.1, 0.15) is 0 Å². The average molecular weight is 357 g/mol. The lowest BCUT2D eigenvalue weighted by Gasteiger charge is -2.12. The molecule has 0 aromatic rings. The van der Waals surface area contributed by atoms with Gasteiger partial charge >= 0.3 is 0 Å². The van der Waals surface area contributed by atoms with Gasteiger partial charge in [-0.05, 0) is 0 Å². The highest BCUT2D eigenvalue weighted by Gasteiger charge is 2.22. The van der Waals surface area contributed by atoms with E-state index in [0.29, 0.717) is 65.0 Å². The van der Waals surface area contributed by atoms with Crippen LogP contribution in [0.5, 0.6) is 0 Å². The van der Waals surface area contributed by atoms with Gasteiger partial charge in [-0.3, -0.25) is 19.5 Å². The molecule has 0 aromatic carbocycles. The van der Waals surface area contributed by atoms with Crippen LogP contribution in [0.3, 0.4) is 0 Å². The summed E-state index contributed by atoms with van der Waals surface area (Å²) in [6.07, 6.45) is 2.85. The van der Waals surface area contributed by atoms with E-state index in [1.54, 1.807) is 7.11 Å². The third kappa shape index (κ3) is 9.92. The highest BCUT2D eigenvalue weighted by atomic mass is 16.6. The second-order valence-corrected chi connectivity index (χ2v) is 5.11. The standard InChI is InChI=1S/C16H27N3O6/c1-22-8-9-24-12-13-25-11-10-23-7-5-18-14(17)4-6-19-15(20)2-3-16(19)21/h2-3H,4-13H2,1H3,(H2,17,18). The van der Waals surface area contributed by atoms with Crippen LogP contribution in [-0.2, 0) is 28.5 Å². The van der Waals surface area contributed by atoms with Crippen LogP contribution in [0.1, 0.15) is 6.42 Å². The highest BCUT2D eigenvalue weighted by Crippen LogP contribution is 2.03. The number of amides is 2. The number of carbonyl (C=O) groups is 2. The molecule has 1 aliphatic heterocycles. The smallest absolute Gasteiger partial charge is 0.253 e. The van der Waals surface area contributed by atoms with E-state index < -0.39 is 0 Å². The van der Waals surface area contributed by atoms with Crippen LogP contribution < -0.4 is 5.73 Å². The molecule has 0 aromatic heterocycles. The summed E-state index contributed by atoms with van der Waals surface area (Å²) in [5, 5.41) is 0. The molecule has 0 saturated heterocycles. The summed E-state index contributed by atoms with van der Waals surface area (Å²) < 4.78 is 20.8. The van der Waals surface area contributed by atoms with E-state index in [1.165, 1.54) is 12.2 Å². The monoisotopic (exact) mass is 357 g/mol. The number of imide groups is 1. The maximum atomic E-state index is 11.4. The van der Waals surface area contributed by atoms with Crippen molar-refractivity contribution in [2.75, 3.05) is 66.4 Å². The van der Waals surface area contributed by atoms with Crippen molar-refractivity contribution in [2.45, 2.75) is 6.42 Å². The molecule has 0 spiro atoms. The molecule has 0 unspecified atom stereocenters. The van der Waals surface area contributed by atoms with Gasteiger partial charge in [-0.25, -0.2) is 0 Å². The Labute approximate surface area is 147 Å². The van der Waals surface area contributed by atoms with Crippen LogP contribution in [0.4, 0.5) is 0 Å². The SMILES string of the molecule is COCCOCCOCCOCCN=C(N)CCN1C(=O)C=CC1=O. The normalized spacial score (nSPS) is 14.8. The molecular weight excluding hydrogens is 330 g/mol. The zero-order chi connectivity index (χ0) is 18.3. The first kappa shape index (κ1) is 21.2. The van der Waals surface area contributed by atoms with Gasteiger partial charge < -0.3 is 24.7 Å². The van der Waals surface area contributed by atoms with E-state index in [4.69, 9.17) is 24.7 Å². The molecule has 0 fully saturated rings. The Morgan fingerprint density at radius 2 is 1.48 bits per heavy atom. The molecule has 1 heterocycles. The lowest BCUT2D eigenvalue weighted by atomic mass is 10.3. The minimum absolute atomic E-state index is 0.237. The van der Waals surface area contributed by atoms with Crippen molar-refractivity contribution in [2.24, 2.45) is 10.7 Å². The maximum absolute atomic E-state index is 11.4. The molecule has 2 amide bonds. The highest BCUT2D eigenvalue weighted by molar-refractivity contribution is 6.13. The summed E-state index contributed by atoms with van der Waals surface area (Å²) >= 11 is 0. The molecule has 0 saturated carbocycles. The molecule has 2 N–H and O–H groups in total. The number of hydrogen-bond donors (Lipinski definition) is 1. The van der Waals surface area contributed by atoms with E-state index in [2.05, 4.69) is 4.99 Å². The average Bonchev–Trinajstić information content (AvgIpc) is 2.92. The van der Waals surface area contributed by atoms with Crippen LogP contribution in [0.25, 0.3) is 0 Å². The molecule has 25 heavy (non-hydrogen) atoms. The zero-order valence-electron chi connectivity index (χ0n) is 14.6. The molecule has 0 radical (unpaired) electrons. The van der Waals surface area contributed by atoms with Gasteiger partial charge in [-0.15, -0.1) is 0 Å². The van der Waals surface area contributed by atoms with Crippen LogP contribution in [-0.4, -0.2) is 89.0 Å². The largest absolute Gasteiger partial charge is 0.387 e. The predicted molar refractivity (Wildman–Crippen MR) is 91.3 cm³/mol. The van der Waals surface area contributed by atoms with Gasteiger partial charge in [0.15, 0.2) is 0 Å². The third-order valence-electron chi connectivity index (χ3n) is 3.22. The lowest BCUT2D eigenvalue weighted by Crippen LogP contribution is -2.33. The topological polar surface area (TPSA) is 113 Å². The van der Waals surface area contributed by atoms with E-state index in [1.807, 2.05) is 0 Å². The van der Waals surface area contributed by atoms with Gasteiger partial charge in [-0.1, -0.05) is 0 Å². The summed E-state index contributed by atoms with van der Waals surface area (Å²) in [7, 11) is 1.63. The van der Waals surface area contributed by atoms with Crippen molar-refractivity contribution in [1.29, 1.82) is 0 Å². The molecule has 0 atom stereocenters. The first-order chi connectivity index (χ1) is 12.1. The fourth-order valence-corrected chi connectivity index (χ4v) is 1.89. The van der Waals surface area contributed by atoms with E-state index in [0.717, 1.165) is 4.90 Å². The number of amidine groups is 1. The zero-order valence-corrected chi connectivity index (χ0v) is 14.6. The summed E-state index contributed by atoms with van der Waals surface area (Å²) in [5.74, 6) is -0.240. The summed E-state index contributed by atoms with van der Waals surface area (Å²) in [4.78, 5) is 28.0. The minimum Gasteiger partial charge on any atom is -0.387 e. The Bertz CT molecular complexity index is 449. The fraction of sp³-hybridized carbons (Fsp3) is 0.688. The van der Waals surface area contributed by atoms with Crippen LogP contribution in [0, 0.1) is 0 Å². The van der Waals surface area contributed by atoms with Crippen LogP contribution >= 0.6 is 0 Å². The number of nitrogens with two attached hydrogens (primary N) is 1. The van der Waals surface area contributed by atoms with Gasteiger partial charge in [0.2, 0.25) is 0 Å². The molecular formula is C16H27N3O6. The minimum atomic E-state index is -0.315. The molecule has 9 heteroatoms. The van der Waals surface area contributed by atoms with Crippen molar-refractivity contribution in [3.8, 4) is 0 Å². The van der Waals surface area contributed by atoms with Gasteiger partial charge in [0, 0.05) is 32.2 Å². The maximum Gasteiger partial charge on any atom is 0.253 e. The Hall–Kier alpha value is -1.81. The summed E-state index contributed by atoms with van der Waals surface area (Å²) in [6.45, 7) is 4.23. The third-order valence-corrected chi connectivity index (χ3v) is 3.22. The predicted octanol–water partition coefficient (Wildman–Crippen LogP) is -0.645. The first-order valence-electron chi connectivity index (χ1n) is 8.19. The van der Waals surface area contributed by atoms with Crippen molar-refractivity contribution in [3.63, 3.8) is 0 Å². The molecule has 1 rings (SSSR count). The molecule has 1 aliphatic rings. The molecule has 9 nitrogen and oxygen atoms in total. The lowest BCUT2D eigenvalue weighted by molar-refractivity contribution is -0.136. The Morgan fingerprint density at radius 3 is 2.04 bits per heavy atom. The number of ether oxygens (including phenoxy) is 4. The second kappa shape index (κ2) is 13.5. The van der Waals surface area contributed by atoms with Gasteiger partial charge in [0.05, 0.1) is 58.6 Å². The summed E-state index contributed by atoms with van der Waals surface area (Å²) in [6, 6.07) is 0. The Morgan fingerprint density at radius 1 is 0.960 bits per heavy atom. The number of hydrogen-bond acceptors (Lipinski definition) is 7. The van der Waals surface area contributed by atoms with Crippen molar-refractivity contribution < 1.29 is 28.5 Å². The molecule has 142 valence electrons. The van der Waals surface area contributed by atoms with Crippen LogP contribution in [0.2, 0.25) is 0 Å². The Kier molecular flexibility index (Phi) is 11.4. The van der Waals surface area contributed by atoms with E-state index in [-0.39, 0.29) is 18.4 Å². The molecule has 0 aliphatic carbocycles. The first-order valence-corrected chi connectivity index (χ1v) is 8.19. The number of nitrogens with zero attached hydrogens (tertiary/aromatic N) is 2. The van der Waals surface area contributed by atoms with Crippen LogP contribution in [0.15, 0.2) is 17.1 Å². The number of aliphatic imine (C=N–C) groups is 1. The van der Waals surface area contributed by atoms with Crippen molar-refractivity contribution in [1.82, 2.24) is 4.90 Å². The van der Waals surface area contributed by atoms with Gasteiger partial charge in [-0.2, -0.15) is 0 Å². The second-order valence-electron chi connectivity index (χ2n) is 5.11. The fourth-order valence-electron chi connectivity index (χ4n) is 1.89. The quantitative estimate of drug-likeness (QED) is 0.179. The number of carbonyl (C=O) groups excluding carboxylic acids is 2. The molecule has 0 bridgehead atoms. The summed E-state index contributed by atoms with van der Waals surface area (Å²) in [5.41, 5.74) is 5.75. The van der Waals surface area contributed by atoms with Crippen molar-refractivity contribution >= 4 is 17.6 Å². The number of methoxy groups -OCH3 is 1. The van der Waals surface area contributed by atoms with Crippen molar-refractivity contribution in [3.05, 3.63) is 12.2 Å².